The molecule has 0 radical (unpaired) electrons. The summed E-state index contributed by atoms with van der Waals surface area (Å²) in [5.74, 6) is -0.819. The zero-order valence-electron chi connectivity index (χ0n) is 10.3. The number of carbonyl (C=O) groups is 2. The van der Waals surface area contributed by atoms with Crippen LogP contribution in [0.2, 0.25) is 5.22 Å². The van der Waals surface area contributed by atoms with Crippen LogP contribution in [0.4, 0.5) is 0 Å². The molecule has 2 heterocycles. The van der Waals surface area contributed by atoms with Crippen LogP contribution in [-0.4, -0.2) is 40.5 Å². The first-order valence-corrected chi connectivity index (χ1v) is 6.33. The molecule has 1 unspecified atom stereocenters. The smallest absolute Gasteiger partial charge is 0.289 e. The third-order valence-corrected chi connectivity index (χ3v) is 3.33. The molecule has 3 N–H and O–H groups in total. The van der Waals surface area contributed by atoms with Crippen LogP contribution in [0, 0.1) is 0 Å². The minimum absolute atomic E-state index is 0.0626. The van der Waals surface area contributed by atoms with Gasteiger partial charge in [0.1, 0.15) is 0 Å². The Hall–Kier alpha value is -1.53. The lowest BCUT2D eigenvalue weighted by Gasteiger charge is -2.38. The third-order valence-electron chi connectivity index (χ3n) is 3.13. The number of hydrogen-bond acceptors (Lipinski definition) is 4. The molecule has 1 atom stereocenters. The van der Waals surface area contributed by atoms with Crippen LogP contribution in [0.3, 0.4) is 0 Å². The van der Waals surface area contributed by atoms with Gasteiger partial charge in [-0.2, -0.15) is 0 Å². The molecule has 1 fully saturated rings. The van der Waals surface area contributed by atoms with Crippen molar-refractivity contribution in [1.82, 2.24) is 4.90 Å². The van der Waals surface area contributed by atoms with Crippen molar-refractivity contribution in [1.29, 1.82) is 0 Å². The van der Waals surface area contributed by atoms with Gasteiger partial charge in [-0.05, 0) is 36.6 Å². The van der Waals surface area contributed by atoms with Crippen molar-refractivity contribution < 1.29 is 19.1 Å². The molecule has 6 nitrogen and oxygen atoms in total. The van der Waals surface area contributed by atoms with E-state index in [2.05, 4.69) is 0 Å². The van der Waals surface area contributed by atoms with Gasteiger partial charge in [0.15, 0.2) is 11.0 Å². The summed E-state index contributed by atoms with van der Waals surface area (Å²) in [6.45, 7) is 0.561. The average molecular weight is 287 g/mol. The number of carbonyl (C=O) groups excluding carboxylic acids is 2. The number of piperidine rings is 1. The van der Waals surface area contributed by atoms with Crippen molar-refractivity contribution >= 4 is 23.4 Å². The minimum Gasteiger partial charge on any atom is -0.440 e. The molecule has 1 aromatic heterocycles. The first kappa shape index (κ1) is 13.9. The van der Waals surface area contributed by atoms with E-state index in [0.29, 0.717) is 19.4 Å². The average Bonchev–Trinajstić information content (AvgIpc) is 2.73. The lowest BCUT2D eigenvalue weighted by molar-refractivity contribution is -0.125. The predicted molar refractivity (Wildman–Crippen MR) is 67.6 cm³/mol. The van der Waals surface area contributed by atoms with Crippen LogP contribution in [0.1, 0.15) is 29.8 Å². The molecular weight excluding hydrogens is 272 g/mol. The number of primary amides is 1. The van der Waals surface area contributed by atoms with Gasteiger partial charge in [0.25, 0.3) is 5.91 Å². The number of halogens is 1. The summed E-state index contributed by atoms with van der Waals surface area (Å²) in [6, 6.07) is 2.96. The van der Waals surface area contributed by atoms with Gasteiger partial charge >= 0.3 is 0 Å². The molecule has 0 spiro atoms. The Morgan fingerprint density at radius 3 is 2.84 bits per heavy atom. The second-order valence-corrected chi connectivity index (χ2v) is 5.17. The number of furan rings is 1. The summed E-state index contributed by atoms with van der Waals surface area (Å²) in [7, 11) is 0. The van der Waals surface area contributed by atoms with E-state index in [1.165, 1.54) is 17.0 Å². The van der Waals surface area contributed by atoms with Crippen LogP contribution in [0.25, 0.3) is 0 Å². The number of hydrogen-bond donors (Lipinski definition) is 2. The van der Waals surface area contributed by atoms with Crippen molar-refractivity contribution in [3.63, 3.8) is 0 Å². The predicted octanol–water partition coefficient (Wildman–Crippen LogP) is 0.775. The first-order valence-electron chi connectivity index (χ1n) is 5.95. The number of nitrogens with zero attached hydrogens (tertiary/aromatic N) is 1. The molecule has 2 amide bonds. The molecule has 0 aromatic carbocycles. The summed E-state index contributed by atoms with van der Waals surface area (Å²) in [5, 5.41) is 10.4. The van der Waals surface area contributed by atoms with E-state index < -0.39 is 11.5 Å². The van der Waals surface area contributed by atoms with Crippen molar-refractivity contribution in [2.45, 2.75) is 24.9 Å². The topological polar surface area (TPSA) is 96.8 Å². The van der Waals surface area contributed by atoms with Crippen LogP contribution >= 0.6 is 11.6 Å². The third kappa shape index (κ3) is 3.27. The van der Waals surface area contributed by atoms with Crippen LogP contribution in [0.15, 0.2) is 16.5 Å². The maximum Gasteiger partial charge on any atom is 0.289 e. The number of amides is 2. The van der Waals surface area contributed by atoms with Gasteiger partial charge in [0.2, 0.25) is 5.91 Å². The molecular formula is C12H15ClN2O4. The number of rotatable bonds is 3. The summed E-state index contributed by atoms with van der Waals surface area (Å²) >= 11 is 5.62. The van der Waals surface area contributed by atoms with Gasteiger partial charge in [0.05, 0.1) is 18.6 Å². The van der Waals surface area contributed by atoms with Crippen LogP contribution in [-0.2, 0) is 4.79 Å². The summed E-state index contributed by atoms with van der Waals surface area (Å²) in [6.07, 6.45) is 0.887. The number of β-amino-alcohol motifs (C(OH)–C–C–N with tert-alkyl or cyclic N) is 1. The maximum atomic E-state index is 12.1. The van der Waals surface area contributed by atoms with E-state index in [-0.39, 0.29) is 29.9 Å². The van der Waals surface area contributed by atoms with Crippen molar-refractivity contribution in [3.05, 3.63) is 23.1 Å². The highest BCUT2D eigenvalue weighted by Gasteiger charge is 2.37. The number of aliphatic hydroxyl groups is 1. The van der Waals surface area contributed by atoms with Crippen molar-refractivity contribution in [3.8, 4) is 0 Å². The summed E-state index contributed by atoms with van der Waals surface area (Å²) < 4.78 is 5.05. The Kier molecular flexibility index (Phi) is 3.82. The molecule has 104 valence electrons. The van der Waals surface area contributed by atoms with E-state index in [4.69, 9.17) is 21.8 Å². The lowest BCUT2D eigenvalue weighted by Crippen LogP contribution is -2.51. The number of nitrogens with two attached hydrogens (primary N) is 1. The molecule has 2 rings (SSSR count). The Bertz CT molecular complexity index is 502. The fraction of sp³-hybridized carbons (Fsp3) is 0.500. The highest BCUT2D eigenvalue weighted by Crippen LogP contribution is 2.26. The molecule has 7 heteroatoms. The van der Waals surface area contributed by atoms with Crippen molar-refractivity contribution in [2.24, 2.45) is 5.73 Å². The van der Waals surface area contributed by atoms with Gasteiger partial charge in [0, 0.05) is 6.54 Å². The van der Waals surface area contributed by atoms with E-state index in [9.17, 15) is 14.7 Å². The fourth-order valence-electron chi connectivity index (χ4n) is 2.34. The largest absolute Gasteiger partial charge is 0.440 e. The molecule has 0 saturated carbocycles. The molecule has 1 aliphatic rings. The van der Waals surface area contributed by atoms with Gasteiger partial charge < -0.3 is 20.2 Å². The van der Waals surface area contributed by atoms with Gasteiger partial charge in [-0.3, -0.25) is 9.59 Å². The SMILES string of the molecule is NC(=O)CC1(O)CCCN(C(=O)c2ccc(Cl)o2)C1. The maximum absolute atomic E-state index is 12.1. The standard InChI is InChI=1S/C12H15ClN2O4/c13-9-3-2-8(19-9)11(17)15-5-1-4-12(18,7-15)6-10(14)16/h2-3,18H,1,4-7H2,(H2,14,16). The molecule has 19 heavy (non-hydrogen) atoms. The Morgan fingerprint density at radius 1 is 1.53 bits per heavy atom. The monoisotopic (exact) mass is 286 g/mol. The molecule has 0 bridgehead atoms. The summed E-state index contributed by atoms with van der Waals surface area (Å²) in [5.41, 5.74) is 3.85. The fourth-order valence-corrected chi connectivity index (χ4v) is 2.49. The second kappa shape index (κ2) is 5.22. The van der Waals surface area contributed by atoms with Crippen LogP contribution < -0.4 is 5.73 Å². The zero-order chi connectivity index (χ0) is 14.0. The van der Waals surface area contributed by atoms with E-state index in [1.807, 2.05) is 0 Å². The highest BCUT2D eigenvalue weighted by molar-refractivity contribution is 6.29. The van der Waals surface area contributed by atoms with Crippen molar-refractivity contribution in [2.75, 3.05) is 13.1 Å². The Labute approximate surface area is 115 Å². The first-order chi connectivity index (χ1) is 8.89. The quantitative estimate of drug-likeness (QED) is 0.858. The lowest BCUT2D eigenvalue weighted by atomic mass is 9.89. The number of likely N-dealkylation sites (tertiary alicyclic amines) is 1. The van der Waals surface area contributed by atoms with Gasteiger partial charge in [-0.15, -0.1) is 0 Å². The van der Waals surface area contributed by atoms with E-state index in [0.717, 1.165) is 0 Å². The highest BCUT2D eigenvalue weighted by atomic mass is 35.5. The van der Waals surface area contributed by atoms with E-state index in [1.54, 1.807) is 0 Å². The van der Waals surface area contributed by atoms with Crippen LogP contribution in [0.5, 0.6) is 0 Å². The molecule has 0 aliphatic carbocycles. The molecule has 1 aliphatic heterocycles. The molecule has 1 saturated heterocycles. The Balaban J connectivity index is 2.09. The second-order valence-electron chi connectivity index (χ2n) is 4.80. The summed E-state index contributed by atoms with van der Waals surface area (Å²) in [4.78, 5) is 24.5. The molecule has 1 aromatic rings. The van der Waals surface area contributed by atoms with Gasteiger partial charge in [-0.1, -0.05) is 0 Å². The zero-order valence-corrected chi connectivity index (χ0v) is 11.0. The normalized spacial score (nSPS) is 23.4. The minimum atomic E-state index is -1.25. The van der Waals surface area contributed by atoms with Gasteiger partial charge in [-0.25, -0.2) is 0 Å². The Morgan fingerprint density at radius 2 is 2.26 bits per heavy atom. The van der Waals surface area contributed by atoms with E-state index >= 15 is 0 Å².